The van der Waals surface area contributed by atoms with Crippen molar-refractivity contribution in [1.82, 2.24) is 0 Å². The SMILES string of the molecule is C=C1C(=O)OC2C=C(C)C(=O)C=CC(C)(O)CC(OC(=O)C(C)CC)C12. The second-order valence-electron chi connectivity index (χ2n) is 7.31. The Hall–Kier alpha value is -2.21. The zero-order chi connectivity index (χ0) is 19.6. The molecular weight excluding hydrogens is 336 g/mol. The molecule has 0 aromatic heterocycles. The predicted molar refractivity (Wildman–Crippen MR) is 95.0 cm³/mol. The number of allylic oxidation sites excluding steroid dienone is 2. The number of esters is 2. The van der Waals surface area contributed by atoms with Crippen molar-refractivity contribution in [2.75, 3.05) is 0 Å². The molecule has 1 heterocycles. The fraction of sp³-hybridized carbons (Fsp3) is 0.550. The minimum absolute atomic E-state index is 0.0165. The van der Waals surface area contributed by atoms with Gasteiger partial charge in [0.25, 0.3) is 0 Å². The highest BCUT2D eigenvalue weighted by atomic mass is 16.6. The van der Waals surface area contributed by atoms with E-state index in [0.29, 0.717) is 12.0 Å². The van der Waals surface area contributed by atoms with E-state index in [1.165, 1.54) is 19.1 Å². The number of carbonyl (C=O) groups is 3. The maximum Gasteiger partial charge on any atom is 0.334 e. The Morgan fingerprint density at radius 3 is 2.77 bits per heavy atom. The van der Waals surface area contributed by atoms with Gasteiger partial charge in [0.1, 0.15) is 12.2 Å². The standard InChI is InChI=1S/C20H26O6/c1-6-11(2)18(22)26-16-10-20(5,24)8-7-14(21)12(3)9-15-17(16)13(4)19(23)25-15/h7-9,11,15-17,24H,4,6,10H2,1-3,5H3. The van der Waals surface area contributed by atoms with Gasteiger partial charge in [-0.15, -0.1) is 0 Å². The summed E-state index contributed by atoms with van der Waals surface area (Å²) in [6.45, 7) is 10.5. The van der Waals surface area contributed by atoms with E-state index in [0.717, 1.165) is 0 Å². The van der Waals surface area contributed by atoms with Gasteiger partial charge >= 0.3 is 11.9 Å². The van der Waals surface area contributed by atoms with Gasteiger partial charge in [0.2, 0.25) is 0 Å². The molecule has 5 unspecified atom stereocenters. The van der Waals surface area contributed by atoms with Crippen LogP contribution in [-0.2, 0) is 23.9 Å². The molecule has 0 amide bonds. The number of fused-ring (bicyclic) bond motifs is 1. The van der Waals surface area contributed by atoms with Gasteiger partial charge in [0.15, 0.2) is 5.78 Å². The van der Waals surface area contributed by atoms with Crippen molar-refractivity contribution < 1.29 is 29.0 Å². The first kappa shape index (κ1) is 20.1. The minimum atomic E-state index is -1.40. The molecule has 0 aromatic rings. The lowest BCUT2D eigenvalue weighted by atomic mass is 9.82. The van der Waals surface area contributed by atoms with E-state index in [4.69, 9.17) is 9.47 Å². The van der Waals surface area contributed by atoms with Crippen LogP contribution in [0.25, 0.3) is 0 Å². The summed E-state index contributed by atoms with van der Waals surface area (Å²) in [7, 11) is 0. The molecule has 0 bridgehead atoms. The van der Waals surface area contributed by atoms with Crippen LogP contribution in [0.1, 0.15) is 40.5 Å². The van der Waals surface area contributed by atoms with Crippen LogP contribution in [0.2, 0.25) is 0 Å². The average Bonchev–Trinajstić information content (AvgIpc) is 2.84. The predicted octanol–water partition coefficient (Wildman–Crippen LogP) is 2.27. The fourth-order valence-electron chi connectivity index (χ4n) is 3.05. The maximum atomic E-state index is 12.4. The molecule has 1 saturated heterocycles. The summed E-state index contributed by atoms with van der Waals surface area (Å²) < 4.78 is 11.0. The molecule has 1 N–H and O–H groups in total. The summed E-state index contributed by atoms with van der Waals surface area (Å²) in [6, 6.07) is 0. The van der Waals surface area contributed by atoms with Crippen LogP contribution in [0.4, 0.5) is 0 Å². The third kappa shape index (κ3) is 4.30. The number of hydrogen-bond donors (Lipinski definition) is 1. The van der Waals surface area contributed by atoms with E-state index < -0.39 is 35.7 Å². The van der Waals surface area contributed by atoms with Gasteiger partial charge in [0.05, 0.1) is 17.4 Å². The van der Waals surface area contributed by atoms with E-state index in [-0.39, 0.29) is 23.7 Å². The van der Waals surface area contributed by atoms with Gasteiger partial charge < -0.3 is 14.6 Å². The molecule has 0 aromatic carbocycles. The van der Waals surface area contributed by atoms with Gasteiger partial charge in [-0.05, 0) is 44.1 Å². The summed E-state index contributed by atoms with van der Waals surface area (Å²) in [5, 5.41) is 10.6. The molecule has 0 saturated carbocycles. The molecular formula is C20H26O6. The summed E-state index contributed by atoms with van der Waals surface area (Å²) in [4.78, 5) is 36.5. The van der Waals surface area contributed by atoms with E-state index in [2.05, 4.69) is 6.58 Å². The van der Waals surface area contributed by atoms with Crippen molar-refractivity contribution in [3.63, 3.8) is 0 Å². The molecule has 2 aliphatic rings. The first-order valence-corrected chi connectivity index (χ1v) is 8.80. The lowest BCUT2D eigenvalue weighted by molar-refractivity contribution is -0.159. The van der Waals surface area contributed by atoms with Crippen molar-refractivity contribution >= 4 is 17.7 Å². The van der Waals surface area contributed by atoms with Crippen LogP contribution in [0.3, 0.4) is 0 Å². The Morgan fingerprint density at radius 1 is 1.50 bits per heavy atom. The Morgan fingerprint density at radius 2 is 2.15 bits per heavy atom. The van der Waals surface area contributed by atoms with Gasteiger partial charge in [-0.25, -0.2) is 4.79 Å². The quantitative estimate of drug-likeness (QED) is 0.612. The average molecular weight is 362 g/mol. The van der Waals surface area contributed by atoms with E-state index in [1.807, 2.05) is 6.92 Å². The molecule has 6 heteroatoms. The zero-order valence-corrected chi connectivity index (χ0v) is 15.7. The highest BCUT2D eigenvalue weighted by Crippen LogP contribution is 2.37. The molecule has 26 heavy (non-hydrogen) atoms. The number of hydrogen-bond acceptors (Lipinski definition) is 6. The molecule has 1 fully saturated rings. The molecule has 1 aliphatic carbocycles. The molecule has 2 rings (SSSR count). The van der Waals surface area contributed by atoms with E-state index in [9.17, 15) is 19.5 Å². The topological polar surface area (TPSA) is 89.9 Å². The minimum Gasteiger partial charge on any atom is -0.461 e. The van der Waals surface area contributed by atoms with Crippen LogP contribution >= 0.6 is 0 Å². The lowest BCUT2D eigenvalue weighted by Crippen LogP contribution is -2.40. The van der Waals surface area contributed by atoms with Crippen LogP contribution in [0.15, 0.2) is 36.0 Å². The number of ether oxygens (including phenoxy) is 2. The second kappa shape index (κ2) is 7.58. The number of rotatable bonds is 3. The monoisotopic (exact) mass is 362 g/mol. The summed E-state index contributed by atoms with van der Waals surface area (Å²) in [5.74, 6) is -2.25. The molecule has 142 valence electrons. The summed E-state index contributed by atoms with van der Waals surface area (Å²) in [6.07, 6.45) is 3.27. The third-order valence-electron chi connectivity index (χ3n) is 4.96. The van der Waals surface area contributed by atoms with Crippen LogP contribution < -0.4 is 0 Å². The van der Waals surface area contributed by atoms with Crippen molar-refractivity contribution in [3.8, 4) is 0 Å². The van der Waals surface area contributed by atoms with Crippen molar-refractivity contribution in [2.24, 2.45) is 11.8 Å². The van der Waals surface area contributed by atoms with Gasteiger partial charge in [0, 0.05) is 12.0 Å². The summed E-state index contributed by atoms with van der Waals surface area (Å²) >= 11 is 0. The van der Waals surface area contributed by atoms with Gasteiger partial charge in [-0.3, -0.25) is 9.59 Å². The highest BCUT2D eigenvalue weighted by Gasteiger charge is 2.46. The Labute approximate surface area is 153 Å². The Balaban J connectivity index is 2.46. The van der Waals surface area contributed by atoms with Crippen molar-refractivity contribution in [1.29, 1.82) is 0 Å². The number of aliphatic hydroxyl groups is 1. The van der Waals surface area contributed by atoms with Crippen molar-refractivity contribution in [3.05, 3.63) is 36.0 Å². The highest BCUT2D eigenvalue weighted by molar-refractivity contribution is 6.03. The van der Waals surface area contributed by atoms with Crippen LogP contribution in [0, 0.1) is 11.8 Å². The smallest absolute Gasteiger partial charge is 0.334 e. The normalized spacial score (nSPS) is 33.2. The first-order valence-electron chi connectivity index (χ1n) is 8.80. The number of carbonyl (C=O) groups excluding carboxylic acids is 3. The lowest BCUT2D eigenvalue weighted by Gasteiger charge is -2.32. The largest absolute Gasteiger partial charge is 0.461 e. The zero-order valence-electron chi connectivity index (χ0n) is 15.7. The van der Waals surface area contributed by atoms with Crippen molar-refractivity contribution in [2.45, 2.75) is 58.3 Å². The Bertz CT molecular complexity index is 684. The van der Waals surface area contributed by atoms with Gasteiger partial charge in [-0.1, -0.05) is 20.4 Å². The molecule has 6 nitrogen and oxygen atoms in total. The first-order chi connectivity index (χ1) is 12.1. The molecule has 0 radical (unpaired) electrons. The number of ketones is 1. The Kier molecular flexibility index (Phi) is 5.86. The van der Waals surface area contributed by atoms with E-state index in [1.54, 1.807) is 19.9 Å². The molecule has 0 spiro atoms. The molecule has 5 atom stereocenters. The summed E-state index contributed by atoms with van der Waals surface area (Å²) in [5.41, 5.74) is -0.846. The maximum absolute atomic E-state index is 12.4. The van der Waals surface area contributed by atoms with E-state index >= 15 is 0 Å². The van der Waals surface area contributed by atoms with Crippen LogP contribution in [0.5, 0.6) is 0 Å². The van der Waals surface area contributed by atoms with Gasteiger partial charge in [-0.2, -0.15) is 0 Å². The van der Waals surface area contributed by atoms with Crippen LogP contribution in [-0.4, -0.2) is 40.6 Å². The fourth-order valence-corrected chi connectivity index (χ4v) is 3.05. The second-order valence-corrected chi connectivity index (χ2v) is 7.31. The third-order valence-corrected chi connectivity index (χ3v) is 4.96. The molecule has 1 aliphatic heterocycles.